The van der Waals surface area contributed by atoms with Crippen LogP contribution in [-0.2, 0) is 16.6 Å². The monoisotopic (exact) mass is 471 g/mol. The van der Waals surface area contributed by atoms with Crippen LogP contribution in [0.5, 0.6) is 0 Å². The standard InChI is InChI=1S/C28H26FN3O3/c1-31-17-23(20-7-5-6-10-24(20)31)26-25(27(33)30-19-13-11-18(29)12-14-19)21-8-3-4-9-22(21)28(34)32(26)15-16-35-2/h3-14,17,25-26H,15-16H2,1-2H3,(H,30,33). The molecule has 6 nitrogen and oxygen atoms in total. The Labute approximate surface area is 202 Å². The number of amides is 2. The molecule has 35 heavy (non-hydrogen) atoms. The fourth-order valence-electron chi connectivity index (χ4n) is 5.02. The van der Waals surface area contributed by atoms with Gasteiger partial charge in [0.1, 0.15) is 5.82 Å². The maximum atomic E-state index is 13.9. The molecule has 1 aliphatic rings. The fraction of sp³-hybridized carbons (Fsp3) is 0.214. The summed E-state index contributed by atoms with van der Waals surface area (Å²) in [6.07, 6.45) is 1.99. The summed E-state index contributed by atoms with van der Waals surface area (Å²) in [6.45, 7) is 0.666. The summed E-state index contributed by atoms with van der Waals surface area (Å²) in [5.41, 5.74) is 3.56. The molecule has 0 spiro atoms. The topological polar surface area (TPSA) is 63.6 Å². The van der Waals surface area contributed by atoms with Crippen molar-refractivity contribution in [2.24, 2.45) is 7.05 Å². The van der Waals surface area contributed by atoms with Crippen molar-refractivity contribution in [2.45, 2.75) is 12.0 Å². The second-order valence-electron chi connectivity index (χ2n) is 8.71. The second kappa shape index (κ2) is 9.35. The minimum atomic E-state index is -0.684. The molecule has 2 heterocycles. The summed E-state index contributed by atoms with van der Waals surface area (Å²) in [6, 6.07) is 20.3. The summed E-state index contributed by atoms with van der Waals surface area (Å²) < 4.78 is 20.8. The second-order valence-corrected chi connectivity index (χ2v) is 8.71. The third-order valence-corrected chi connectivity index (χ3v) is 6.62. The number of halogens is 1. The Morgan fingerprint density at radius 3 is 2.49 bits per heavy atom. The third-order valence-electron chi connectivity index (χ3n) is 6.62. The summed E-state index contributed by atoms with van der Waals surface area (Å²) in [4.78, 5) is 29.3. The van der Waals surface area contributed by atoms with E-state index in [1.165, 1.54) is 24.3 Å². The van der Waals surface area contributed by atoms with Crippen LogP contribution in [0, 0.1) is 5.82 Å². The van der Waals surface area contributed by atoms with Gasteiger partial charge in [-0.25, -0.2) is 4.39 Å². The van der Waals surface area contributed by atoms with Crippen LogP contribution in [0.4, 0.5) is 10.1 Å². The Kier molecular flexibility index (Phi) is 6.09. The average molecular weight is 472 g/mol. The van der Waals surface area contributed by atoms with Crippen molar-refractivity contribution in [1.82, 2.24) is 9.47 Å². The van der Waals surface area contributed by atoms with Crippen LogP contribution < -0.4 is 5.32 Å². The number of nitrogens with one attached hydrogen (secondary N) is 1. The number of para-hydroxylation sites is 1. The first-order valence-corrected chi connectivity index (χ1v) is 11.5. The lowest BCUT2D eigenvalue weighted by molar-refractivity contribution is -0.119. The van der Waals surface area contributed by atoms with E-state index in [0.29, 0.717) is 30.0 Å². The zero-order valence-electron chi connectivity index (χ0n) is 19.6. The molecule has 0 bridgehead atoms. The van der Waals surface area contributed by atoms with Crippen LogP contribution in [0.25, 0.3) is 10.9 Å². The molecule has 7 heteroatoms. The first kappa shape index (κ1) is 22.8. The lowest BCUT2D eigenvalue weighted by atomic mass is 9.79. The van der Waals surface area contributed by atoms with Crippen LogP contribution in [0.15, 0.2) is 79.0 Å². The summed E-state index contributed by atoms with van der Waals surface area (Å²) >= 11 is 0. The van der Waals surface area contributed by atoms with Crippen molar-refractivity contribution in [2.75, 3.05) is 25.6 Å². The largest absolute Gasteiger partial charge is 0.383 e. The number of anilines is 1. The number of nitrogens with zero attached hydrogens (tertiary/aromatic N) is 2. The molecule has 2 unspecified atom stereocenters. The molecule has 5 rings (SSSR count). The first-order valence-electron chi connectivity index (χ1n) is 11.5. The van der Waals surface area contributed by atoms with Gasteiger partial charge in [0.15, 0.2) is 0 Å². The predicted molar refractivity (Wildman–Crippen MR) is 133 cm³/mol. The van der Waals surface area contributed by atoms with E-state index in [2.05, 4.69) is 5.32 Å². The zero-order chi connectivity index (χ0) is 24.5. The minimum Gasteiger partial charge on any atom is -0.383 e. The molecular formula is C28H26FN3O3. The number of hydrogen-bond donors (Lipinski definition) is 1. The molecule has 0 saturated carbocycles. The fourth-order valence-corrected chi connectivity index (χ4v) is 5.02. The van der Waals surface area contributed by atoms with E-state index in [0.717, 1.165) is 16.5 Å². The molecular weight excluding hydrogens is 445 g/mol. The Morgan fingerprint density at radius 2 is 1.71 bits per heavy atom. The smallest absolute Gasteiger partial charge is 0.254 e. The third kappa shape index (κ3) is 4.08. The lowest BCUT2D eigenvalue weighted by Crippen LogP contribution is -2.47. The molecule has 1 aromatic heterocycles. The van der Waals surface area contributed by atoms with Crippen molar-refractivity contribution >= 4 is 28.4 Å². The van der Waals surface area contributed by atoms with Crippen LogP contribution in [0.3, 0.4) is 0 Å². The summed E-state index contributed by atoms with van der Waals surface area (Å²) in [5.74, 6) is -1.47. The molecule has 2 amide bonds. The number of carbonyl (C=O) groups excluding carboxylic acids is 2. The van der Waals surface area contributed by atoms with Gasteiger partial charge in [0.05, 0.1) is 18.6 Å². The maximum absolute atomic E-state index is 13.9. The van der Waals surface area contributed by atoms with Crippen molar-refractivity contribution < 1.29 is 18.7 Å². The summed E-state index contributed by atoms with van der Waals surface area (Å²) in [7, 11) is 3.55. The van der Waals surface area contributed by atoms with E-state index in [1.54, 1.807) is 24.1 Å². The van der Waals surface area contributed by atoms with E-state index >= 15 is 0 Å². The highest BCUT2D eigenvalue weighted by molar-refractivity contribution is 6.05. The van der Waals surface area contributed by atoms with Crippen LogP contribution in [0.1, 0.15) is 33.4 Å². The van der Waals surface area contributed by atoms with Gasteiger partial charge < -0.3 is 19.5 Å². The van der Waals surface area contributed by atoms with Crippen molar-refractivity contribution in [3.63, 3.8) is 0 Å². The molecule has 1 N–H and O–H groups in total. The van der Waals surface area contributed by atoms with Gasteiger partial charge in [0.2, 0.25) is 5.91 Å². The van der Waals surface area contributed by atoms with Crippen molar-refractivity contribution in [3.8, 4) is 0 Å². The Hall–Kier alpha value is -3.97. The van der Waals surface area contributed by atoms with Gasteiger partial charge in [0, 0.05) is 54.6 Å². The zero-order valence-corrected chi connectivity index (χ0v) is 19.6. The van der Waals surface area contributed by atoms with E-state index in [4.69, 9.17) is 4.74 Å². The van der Waals surface area contributed by atoms with Gasteiger partial charge in [0.25, 0.3) is 5.91 Å². The molecule has 0 radical (unpaired) electrons. The number of aromatic nitrogens is 1. The van der Waals surface area contributed by atoms with E-state index in [-0.39, 0.29) is 17.6 Å². The molecule has 1 aliphatic heterocycles. The van der Waals surface area contributed by atoms with Crippen molar-refractivity contribution in [1.29, 1.82) is 0 Å². The Bertz CT molecular complexity index is 1400. The van der Waals surface area contributed by atoms with Gasteiger partial charge in [-0.05, 0) is 42.0 Å². The van der Waals surface area contributed by atoms with Crippen LogP contribution in [0.2, 0.25) is 0 Å². The number of fused-ring (bicyclic) bond motifs is 2. The SMILES string of the molecule is COCCN1C(=O)c2ccccc2C(C(=O)Nc2ccc(F)cc2)C1c1cn(C)c2ccccc12. The number of methoxy groups -OCH3 is 1. The molecule has 2 atom stereocenters. The van der Waals surface area contributed by atoms with E-state index in [1.807, 2.05) is 54.2 Å². The minimum absolute atomic E-state index is 0.138. The number of hydrogen-bond acceptors (Lipinski definition) is 3. The number of aryl methyl sites for hydroxylation is 1. The highest BCUT2D eigenvalue weighted by Crippen LogP contribution is 2.45. The Morgan fingerprint density at radius 1 is 1.00 bits per heavy atom. The Balaban J connectivity index is 1.69. The van der Waals surface area contributed by atoms with Gasteiger partial charge in [-0.2, -0.15) is 0 Å². The predicted octanol–water partition coefficient (Wildman–Crippen LogP) is 4.88. The molecule has 0 fully saturated rings. The summed E-state index contributed by atoms with van der Waals surface area (Å²) in [5, 5.41) is 3.92. The normalized spacial score (nSPS) is 17.5. The van der Waals surface area contributed by atoms with Gasteiger partial charge in [-0.3, -0.25) is 9.59 Å². The van der Waals surface area contributed by atoms with Crippen LogP contribution >= 0.6 is 0 Å². The highest BCUT2D eigenvalue weighted by atomic mass is 19.1. The molecule has 3 aromatic carbocycles. The van der Waals surface area contributed by atoms with Gasteiger partial charge in [-0.1, -0.05) is 36.4 Å². The van der Waals surface area contributed by atoms with Crippen molar-refractivity contribution in [3.05, 3.63) is 102 Å². The quantitative estimate of drug-likeness (QED) is 0.436. The molecule has 4 aromatic rings. The van der Waals surface area contributed by atoms with Gasteiger partial charge >= 0.3 is 0 Å². The van der Waals surface area contributed by atoms with Gasteiger partial charge in [-0.15, -0.1) is 0 Å². The molecule has 0 aliphatic carbocycles. The maximum Gasteiger partial charge on any atom is 0.254 e. The first-order chi connectivity index (χ1) is 17.0. The number of rotatable bonds is 6. The number of ether oxygens (including phenoxy) is 1. The van der Waals surface area contributed by atoms with Crippen LogP contribution in [-0.4, -0.2) is 41.5 Å². The molecule has 178 valence electrons. The number of benzene rings is 3. The highest BCUT2D eigenvalue weighted by Gasteiger charge is 2.45. The lowest BCUT2D eigenvalue weighted by Gasteiger charge is -2.41. The average Bonchev–Trinajstić information content (AvgIpc) is 3.21. The molecule has 0 saturated heterocycles. The number of carbonyl (C=O) groups is 2. The van der Waals surface area contributed by atoms with E-state index < -0.39 is 12.0 Å². The van der Waals surface area contributed by atoms with E-state index in [9.17, 15) is 14.0 Å².